The van der Waals surface area contributed by atoms with Crippen LogP contribution in [0.3, 0.4) is 0 Å². The summed E-state index contributed by atoms with van der Waals surface area (Å²) in [6.45, 7) is 9.76. The van der Waals surface area contributed by atoms with E-state index in [0.717, 1.165) is 30.0 Å². The SMILES string of the molecule is CCCNC(Cc1ccncc1Cl)C(OC)C(C)(C)C. The van der Waals surface area contributed by atoms with E-state index in [4.69, 9.17) is 16.3 Å². The first-order valence-corrected chi connectivity index (χ1v) is 7.62. The molecule has 0 saturated heterocycles. The predicted molar refractivity (Wildman–Crippen MR) is 85.3 cm³/mol. The molecule has 1 rings (SSSR count). The Balaban J connectivity index is 2.91. The minimum atomic E-state index is 0.0691. The van der Waals surface area contributed by atoms with E-state index in [2.05, 4.69) is 38.0 Å². The number of nitrogens with zero attached hydrogens (tertiary/aromatic N) is 1. The molecule has 0 aliphatic rings. The molecule has 0 saturated carbocycles. The van der Waals surface area contributed by atoms with Crippen LogP contribution in [0.15, 0.2) is 18.5 Å². The van der Waals surface area contributed by atoms with E-state index in [-0.39, 0.29) is 17.6 Å². The molecule has 1 aromatic heterocycles. The molecule has 4 heteroatoms. The Morgan fingerprint density at radius 2 is 2.10 bits per heavy atom. The van der Waals surface area contributed by atoms with Crippen molar-refractivity contribution in [1.29, 1.82) is 0 Å². The molecule has 3 nitrogen and oxygen atoms in total. The van der Waals surface area contributed by atoms with Crippen LogP contribution in [0.2, 0.25) is 5.02 Å². The smallest absolute Gasteiger partial charge is 0.0775 e. The minimum absolute atomic E-state index is 0.0691. The van der Waals surface area contributed by atoms with Crippen molar-refractivity contribution in [1.82, 2.24) is 10.3 Å². The number of hydrogen-bond donors (Lipinski definition) is 1. The Bertz CT molecular complexity index is 404. The lowest BCUT2D eigenvalue weighted by Gasteiger charge is -2.36. The monoisotopic (exact) mass is 298 g/mol. The number of pyridine rings is 1. The number of methoxy groups -OCH3 is 1. The van der Waals surface area contributed by atoms with Gasteiger partial charge in [-0.05, 0) is 36.4 Å². The van der Waals surface area contributed by atoms with E-state index in [0.29, 0.717) is 0 Å². The lowest BCUT2D eigenvalue weighted by molar-refractivity contribution is -0.0109. The average molecular weight is 299 g/mol. The second kappa shape index (κ2) is 7.96. The summed E-state index contributed by atoms with van der Waals surface area (Å²) in [5, 5.41) is 4.32. The topological polar surface area (TPSA) is 34.2 Å². The Morgan fingerprint density at radius 3 is 2.60 bits per heavy atom. The van der Waals surface area contributed by atoms with Crippen molar-refractivity contribution < 1.29 is 4.74 Å². The summed E-state index contributed by atoms with van der Waals surface area (Å²) in [5.74, 6) is 0. The summed E-state index contributed by atoms with van der Waals surface area (Å²) >= 11 is 6.23. The number of nitrogens with one attached hydrogen (secondary N) is 1. The second-order valence-corrected chi connectivity index (χ2v) is 6.66. The number of halogens is 1. The van der Waals surface area contributed by atoms with Gasteiger partial charge in [-0.2, -0.15) is 0 Å². The molecule has 0 fully saturated rings. The molecule has 1 heterocycles. The first kappa shape index (κ1) is 17.4. The van der Waals surface area contributed by atoms with Gasteiger partial charge in [0.25, 0.3) is 0 Å². The van der Waals surface area contributed by atoms with E-state index >= 15 is 0 Å². The number of rotatable bonds is 7. The van der Waals surface area contributed by atoms with Gasteiger partial charge in [-0.25, -0.2) is 0 Å². The summed E-state index contributed by atoms with van der Waals surface area (Å²) in [5.41, 5.74) is 1.18. The predicted octanol–water partition coefficient (Wildman–Crippen LogP) is 3.71. The normalized spacial score (nSPS) is 15.1. The fraction of sp³-hybridized carbons (Fsp3) is 0.688. The fourth-order valence-electron chi connectivity index (χ4n) is 2.54. The van der Waals surface area contributed by atoms with E-state index in [1.165, 1.54) is 0 Å². The molecule has 0 bridgehead atoms. The highest BCUT2D eigenvalue weighted by atomic mass is 35.5. The number of hydrogen-bond acceptors (Lipinski definition) is 3. The van der Waals surface area contributed by atoms with Crippen LogP contribution in [-0.2, 0) is 11.2 Å². The molecule has 0 radical (unpaired) electrons. The van der Waals surface area contributed by atoms with Crippen molar-refractivity contribution in [3.05, 3.63) is 29.0 Å². The summed E-state index contributed by atoms with van der Waals surface area (Å²) in [6, 6.07) is 2.22. The van der Waals surface area contributed by atoms with Gasteiger partial charge in [0.2, 0.25) is 0 Å². The van der Waals surface area contributed by atoms with Crippen LogP contribution in [0.5, 0.6) is 0 Å². The molecule has 0 spiro atoms. The molecular weight excluding hydrogens is 272 g/mol. The second-order valence-electron chi connectivity index (χ2n) is 6.25. The molecular formula is C16H27ClN2O. The molecule has 1 aromatic rings. The molecule has 2 unspecified atom stereocenters. The summed E-state index contributed by atoms with van der Waals surface area (Å²) in [6.07, 6.45) is 5.56. The van der Waals surface area contributed by atoms with Crippen molar-refractivity contribution in [2.75, 3.05) is 13.7 Å². The average Bonchev–Trinajstić information content (AvgIpc) is 2.37. The van der Waals surface area contributed by atoms with Crippen LogP contribution in [0.4, 0.5) is 0 Å². The highest BCUT2D eigenvalue weighted by Crippen LogP contribution is 2.27. The third-order valence-electron chi connectivity index (χ3n) is 3.43. The van der Waals surface area contributed by atoms with Crippen molar-refractivity contribution in [3.8, 4) is 0 Å². The maximum absolute atomic E-state index is 6.23. The van der Waals surface area contributed by atoms with Crippen LogP contribution in [0, 0.1) is 5.41 Å². The summed E-state index contributed by atoms with van der Waals surface area (Å²) in [7, 11) is 1.78. The molecule has 0 aliphatic heterocycles. The van der Waals surface area contributed by atoms with E-state index in [1.54, 1.807) is 19.5 Å². The fourth-order valence-corrected chi connectivity index (χ4v) is 2.74. The zero-order valence-corrected chi connectivity index (χ0v) is 14.0. The largest absolute Gasteiger partial charge is 0.379 e. The molecule has 0 aliphatic carbocycles. The van der Waals surface area contributed by atoms with Gasteiger partial charge in [-0.15, -0.1) is 0 Å². The van der Waals surface area contributed by atoms with Crippen LogP contribution >= 0.6 is 11.6 Å². The molecule has 0 aromatic carbocycles. The van der Waals surface area contributed by atoms with Crippen LogP contribution in [0.25, 0.3) is 0 Å². The van der Waals surface area contributed by atoms with Crippen molar-refractivity contribution >= 4 is 11.6 Å². The van der Waals surface area contributed by atoms with Crippen molar-refractivity contribution in [2.45, 2.75) is 52.7 Å². The minimum Gasteiger partial charge on any atom is -0.379 e. The van der Waals surface area contributed by atoms with Crippen molar-refractivity contribution in [2.24, 2.45) is 5.41 Å². The summed E-state index contributed by atoms with van der Waals surface area (Å²) in [4.78, 5) is 4.04. The van der Waals surface area contributed by atoms with E-state index in [9.17, 15) is 0 Å². The molecule has 2 atom stereocenters. The van der Waals surface area contributed by atoms with Gasteiger partial charge in [0, 0.05) is 25.5 Å². The molecule has 1 N–H and O–H groups in total. The van der Waals surface area contributed by atoms with Crippen LogP contribution in [-0.4, -0.2) is 30.8 Å². The number of ether oxygens (including phenoxy) is 1. The lowest BCUT2D eigenvalue weighted by atomic mass is 9.82. The van der Waals surface area contributed by atoms with Crippen molar-refractivity contribution in [3.63, 3.8) is 0 Å². The lowest BCUT2D eigenvalue weighted by Crippen LogP contribution is -2.49. The zero-order valence-electron chi connectivity index (χ0n) is 13.2. The maximum Gasteiger partial charge on any atom is 0.0775 e. The van der Waals surface area contributed by atoms with Crippen LogP contribution < -0.4 is 5.32 Å². The first-order valence-electron chi connectivity index (χ1n) is 7.24. The summed E-state index contributed by atoms with van der Waals surface area (Å²) < 4.78 is 5.76. The zero-order chi connectivity index (χ0) is 15.2. The van der Waals surface area contributed by atoms with Gasteiger partial charge in [-0.1, -0.05) is 39.3 Å². The van der Waals surface area contributed by atoms with Gasteiger partial charge < -0.3 is 10.1 Å². The molecule has 0 amide bonds. The quantitative estimate of drug-likeness (QED) is 0.833. The Morgan fingerprint density at radius 1 is 1.40 bits per heavy atom. The van der Waals surface area contributed by atoms with Gasteiger partial charge in [0.15, 0.2) is 0 Å². The van der Waals surface area contributed by atoms with Gasteiger partial charge in [0.1, 0.15) is 0 Å². The van der Waals surface area contributed by atoms with Gasteiger partial charge >= 0.3 is 0 Å². The Kier molecular flexibility index (Phi) is 6.93. The van der Waals surface area contributed by atoms with E-state index in [1.807, 2.05) is 6.07 Å². The maximum atomic E-state index is 6.23. The number of aromatic nitrogens is 1. The van der Waals surface area contributed by atoms with Gasteiger partial charge in [0.05, 0.1) is 11.1 Å². The first-order chi connectivity index (χ1) is 9.40. The standard InChI is InChI=1S/C16H27ClN2O/c1-6-8-19-14(15(20-5)16(2,3)4)10-12-7-9-18-11-13(12)17/h7,9,11,14-15,19H,6,8,10H2,1-5H3. The molecule has 114 valence electrons. The molecule has 20 heavy (non-hydrogen) atoms. The Labute approximate surface area is 128 Å². The van der Waals surface area contributed by atoms with Crippen LogP contribution in [0.1, 0.15) is 39.7 Å². The third-order valence-corrected chi connectivity index (χ3v) is 3.77. The van der Waals surface area contributed by atoms with Gasteiger partial charge in [-0.3, -0.25) is 4.98 Å². The Hall–Kier alpha value is -0.640. The third kappa shape index (κ3) is 5.04. The highest BCUT2D eigenvalue weighted by Gasteiger charge is 2.32. The van der Waals surface area contributed by atoms with E-state index < -0.39 is 0 Å². The highest BCUT2D eigenvalue weighted by molar-refractivity contribution is 6.31.